The molecule has 0 atom stereocenters. The van der Waals surface area contributed by atoms with Crippen molar-refractivity contribution in [2.24, 2.45) is 0 Å². The lowest BCUT2D eigenvalue weighted by atomic mass is 10.1. The van der Waals surface area contributed by atoms with E-state index < -0.39 is 0 Å². The molecule has 0 saturated carbocycles. The fourth-order valence-corrected chi connectivity index (χ4v) is 4.81. The highest BCUT2D eigenvalue weighted by Gasteiger charge is 2.18. The normalized spacial score (nSPS) is 11.3. The van der Waals surface area contributed by atoms with Crippen LogP contribution in [-0.2, 0) is 6.54 Å². The summed E-state index contributed by atoms with van der Waals surface area (Å²) in [6, 6.07) is 25.8. The summed E-state index contributed by atoms with van der Waals surface area (Å²) < 4.78 is 15.9. The van der Waals surface area contributed by atoms with Gasteiger partial charge in [-0.1, -0.05) is 54.2 Å². The molecule has 1 amide bonds. The molecule has 0 aliphatic rings. The molecule has 0 unspecified atom stereocenters. The molecule has 0 N–H and O–H groups in total. The molecule has 0 aliphatic carbocycles. The molecule has 0 spiro atoms. The summed E-state index contributed by atoms with van der Waals surface area (Å²) in [5.41, 5.74) is 2.85. The molecule has 0 fully saturated rings. The van der Waals surface area contributed by atoms with Crippen LogP contribution in [0.5, 0.6) is 0 Å². The number of rotatable bonds is 7. The number of amides is 1. The summed E-state index contributed by atoms with van der Waals surface area (Å²) in [5, 5.41) is 5.49. The quantitative estimate of drug-likeness (QED) is 0.255. The lowest BCUT2D eigenvalue weighted by Crippen LogP contribution is -2.27. The molecule has 36 heavy (non-hydrogen) atoms. The number of benzene rings is 3. The zero-order valence-corrected chi connectivity index (χ0v) is 20.4. The van der Waals surface area contributed by atoms with Gasteiger partial charge in [-0.15, -0.1) is 0 Å². The number of fused-ring (bicyclic) bond motifs is 1. The molecule has 5 rings (SSSR count). The van der Waals surface area contributed by atoms with Crippen molar-refractivity contribution >= 4 is 40.8 Å². The van der Waals surface area contributed by atoms with E-state index in [0.29, 0.717) is 11.1 Å². The van der Waals surface area contributed by atoms with Crippen LogP contribution in [0.2, 0.25) is 0 Å². The lowest BCUT2D eigenvalue weighted by molar-refractivity contribution is 0.0780. The number of nitrogens with zero attached hydrogens (tertiary/aromatic N) is 4. The Bertz CT molecular complexity index is 1550. The van der Waals surface area contributed by atoms with Gasteiger partial charge in [0.1, 0.15) is 5.82 Å². The van der Waals surface area contributed by atoms with Crippen LogP contribution in [0.1, 0.15) is 21.6 Å². The van der Waals surface area contributed by atoms with Crippen LogP contribution in [0.15, 0.2) is 107 Å². The van der Waals surface area contributed by atoms with Crippen molar-refractivity contribution in [3.63, 3.8) is 0 Å². The van der Waals surface area contributed by atoms with Crippen LogP contribution in [0.3, 0.4) is 0 Å². The van der Waals surface area contributed by atoms with Gasteiger partial charge >= 0.3 is 0 Å². The molecule has 0 saturated heterocycles. The highest BCUT2D eigenvalue weighted by atomic mass is 32.2. The molecule has 7 heteroatoms. The molecule has 5 nitrogen and oxygen atoms in total. The predicted molar refractivity (Wildman–Crippen MR) is 142 cm³/mol. The molecule has 0 aliphatic heterocycles. The monoisotopic (exact) mass is 494 g/mol. The summed E-state index contributed by atoms with van der Waals surface area (Å²) in [4.78, 5) is 20.9. The van der Waals surface area contributed by atoms with Crippen LogP contribution in [0.25, 0.3) is 23.2 Å². The zero-order valence-electron chi connectivity index (χ0n) is 19.6. The van der Waals surface area contributed by atoms with Crippen molar-refractivity contribution in [3.8, 4) is 0 Å². The molecule has 178 valence electrons. The SMILES string of the molecule is CN(Cc1ccccc1F)C(=O)c1ccccc1Sc1ccc2cnn(C=Cc3ccccn3)c2c1. The van der Waals surface area contributed by atoms with Crippen LogP contribution in [0, 0.1) is 5.82 Å². The molecule has 2 heterocycles. The average Bonchev–Trinajstić information content (AvgIpc) is 3.31. The summed E-state index contributed by atoms with van der Waals surface area (Å²) in [5.74, 6) is -0.479. The molecular formula is C29H23FN4OS. The maximum atomic E-state index is 14.1. The van der Waals surface area contributed by atoms with Crippen molar-refractivity contribution in [2.75, 3.05) is 7.05 Å². The summed E-state index contributed by atoms with van der Waals surface area (Å²) >= 11 is 1.51. The molecule has 5 aromatic rings. The second-order valence-corrected chi connectivity index (χ2v) is 9.35. The minimum absolute atomic E-state index is 0.161. The molecule has 2 aromatic heterocycles. The van der Waals surface area contributed by atoms with Gasteiger partial charge in [0.15, 0.2) is 0 Å². The van der Waals surface area contributed by atoms with E-state index in [1.165, 1.54) is 17.8 Å². The first kappa shape index (κ1) is 23.5. The van der Waals surface area contributed by atoms with E-state index in [9.17, 15) is 9.18 Å². The predicted octanol–water partition coefficient (Wildman–Crippen LogP) is 6.62. The number of hydrogen-bond donors (Lipinski definition) is 0. The molecule has 0 radical (unpaired) electrons. The number of pyridine rings is 1. The Kier molecular flexibility index (Phi) is 6.91. The highest BCUT2D eigenvalue weighted by molar-refractivity contribution is 7.99. The van der Waals surface area contributed by atoms with Gasteiger partial charge in [-0.3, -0.25) is 9.78 Å². The van der Waals surface area contributed by atoms with Gasteiger partial charge in [-0.05, 0) is 48.5 Å². The highest BCUT2D eigenvalue weighted by Crippen LogP contribution is 2.33. The van der Waals surface area contributed by atoms with Gasteiger partial charge in [0.2, 0.25) is 0 Å². The van der Waals surface area contributed by atoms with Crippen molar-refractivity contribution < 1.29 is 9.18 Å². The van der Waals surface area contributed by atoms with E-state index in [-0.39, 0.29) is 18.3 Å². The number of hydrogen-bond acceptors (Lipinski definition) is 4. The molecule has 3 aromatic carbocycles. The first-order valence-corrected chi connectivity index (χ1v) is 12.2. The van der Waals surface area contributed by atoms with Crippen molar-refractivity contribution in [2.45, 2.75) is 16.3 Å². The first-order valence-electron chi connectivity index (χ1n) is 11.4. The van der Waals surface area contributed by atoms with Crippen LogP contribution < -0.4 is 0 Å². The van der Waals surface area contributed by atoms with Crippen molar-refractivity contribution in [1.82, 2.24) is 19.7 Å². The van der Waals surface area contributed by atoms with Gasteiger partial charge in [0.25, 0.3) is 5.91 Å². The Morgan fingerprint density at radius 3 is 2.67 bits per heavy atom. The third-order valence-corrected chi connectivity index (χ3v) is 6.77. The Labute approximate surface area is 212 Å². The van der Waals surface area contributed by atoms with Crippen LogP contribution >= 0.6 is 11.8 Å². The maximum absolute atomic E-state index is 14.1. The van der Waals surface area contributed by atoms with E-state index in [4.69, 9.17) is 0 Å². The smallest absolute Gasteiger partial charge is 0.255 e. The third-order valence-electron chi connectivity index (χ3n) is 5.70. The number of carbonyl (C=O) groups is 1. The topological polar surface area (TPSA) is 51.0 Å². The van der Waals surface area contributed by atoms with E-state index in [1.54, 1.807) is 42.4 Å². The number of aromatic nitrogens is 3. The fraction of sp³-hybridized carbons (Fsp3) is 0.0690. The van der Waals surface area contributed by atoms with Crippen LogP contribution in [-0.4, -0.2) is 32.6 Å². The standard InChI is InChI=1S/C29H23FN4OS/c1-33(20-22-8-2-4-11-26(22)30)29(35)25-10-3-5-12-28(25)36-24-14-13-21-19-32-34(27(21)18-24)17-15-23-9-6-7-16-31-23/h2-19H,20H2,1H3. The summed E-state index contributed by atoms with van der Waals surface area (Å²) in [6.07, 6.45) is 7.36. The van der Waals surface area contributed by atoms with Crippen molar-refractivity contribution in [3.05, 3.63) is 120 Å². The minimum Gasteiger partial charge on any atom is -0.337 e. The van der Waals surface area contributed by atoms with Crippen molar-refractivity contribution in [1.29, 1.82) is 0 Å². The molecule has 0 bridgehead atoms. The Hall–Kier alpha value is -4.23. The van der Waals surface area contributed by atoms with Gasteiger partial charge in [-0.25, -0.2) is 9.07 Å². The van der Waals surface area contributed by atoms with Gasteiger partial charge in [-0.2, -0.15) is 5.10 Å². The van der Waals surface area contributed by atoms with Crippen LogP contribution in [0.4, 0.5) is 4.39 Å². The van der Waals surface area contributed by atoms with Gasteiger partial charge < -0.3 is 4.90 Å². The van der Waals surface area contributed by atoms with E-state index in [2.05, 4.69) is 16.1 Å². The Morgan fingerprint density at radius 2 is 1.83 bits per heavy atom. The Balaban J connectivity index is 1.38. The Morgan fingerprint density at radius 1 is 1.03 bits per heavy atom. The van der Waals surface area contributed by atoms with Gasteiger partial charge in [0, 0.05) is 46.7 Å². The minimum atomic E-state index is -0.318. The summed E-state index contributed by atoms with van der Waals surface area (Å²) in [7, 11) is 1.69. The zero-order chi connectivity index (χ0) is 24.9. The largest absolute Gasteiger partial charge is 0.337 e. The first-order chi connectivity index (χ1) is 17.6. The number of halogens is 1. The third kappa shape index (κ3) is 5.21. The van der Waals surface area contributed by atoms with E-state index in [1.807, 2.05) is 71.7 Å². The maximum Gasteiger partial charge on any atom is 0.255 e. The fourth-order valence-electron chi connectivity index (χ4n) is 3.84. The van der Waals surface area contributed by atoms with E-state index in [0.717, 1.165) is 26.4 Å². The number of carbonyl (C=O) groups excluding carboxylic acids is 1. The molecular weight excluding hydrogens is 471 g/mol. The summed E-state index contributed by atoms with van der Waals surface area (Å²) in [6.45, 7) is 0.193. The second-order valence-electron chi connectivity index (χ2n) is 8.23. The average molecular weight is 495 g/mol. The van der Waals surface area contributed by atoms with Gasteiger partial charge in [0.05, 0.1) is 23.0 Å². The lowest BCUT2D eigenvalue weighted by Gasteiger charge is -2.19. The van der Waals surface area contributed by atoms with E-state index >= 15 is 0 Å². The second kappa shape index (κ2) is 10.6.